The quantitative estimate of drug-likeness (QED) is 0.726. The van der Waals surface area contributed by atoms with Crippen molar-refractivity contribution < 1.29 is 22.7 Å². The van der Waals surface area contributed by atoms with Crippen LogP contribution in [0.3, 0.4) is 0 Å². The molecule has 2 aliphatic heterocycles. The Balaban J connectivity index is 2.00. The molecule has 0 radical (unpaired) electrons. The lowest BCUT2D eigenvalue weighted by Crippen LogP contribution is -2.43. The van der Waals surface area contributed by atoms with Gasteiger partial charge in [0.2, 0.25) is 0 Å². The first-order valence-corrected chi connectivity index (χ1v) is 7.88. The number of ketones is 1. The van der Waals surface area contributed by atoms with Crippen LogP contribution in [0, 0.1) is 5.92 Å². The molecule has 5 nitrogen and oxygen atoms in total. The van der Waals surface area contributed by atoms with E-state index in [4.69, 9.17) is 9.47 Å². The van der Waals surface area contributed by atoms with Crippen LogP contribution in [0.25, 0.3) is 0 Å². The largest absolute Gasteiger partial charge is 0.378 e. The fraction of sp³-hybridized carbons (Fsp3) is 0.909. The van der Waals surface area contributed by atoms with Crippen molar-refractivity contribution in [1.29, 1.82) is 0 Å². The standard InChI is InChI=1S/C11H18O5S/c1-17(13,14)7-10(12)9-2-4-16-11(6-9)3-5-15-8-11/h9H,2-8H2,1H3. The molecule has 2 fully saturated rings. The summed E-state index contributed by atoms with van der Waals surface area (Å²) in [6.07, 6.45) is 3.12. The predicted molar refractivity (Wildman–Crippen MR) is 61.6 cm³/mol. The fourth-order valence-electron chi connectivity index (χ4n) is 2.54. The van der Waals surface area contributed by atoms with Gasteiger partial charge in [0.1, 0.15) is 5.75 Å². The summed E-state index contributed by atoms with van der Waals surface area (Å²) in [5, 5.41) is 0. The molecule has 0 saturated carbocycles. The molecule has 2 heterocycles. The van der Waals surface area contributed by atoms with E-state index in [9.17, 15) is 13.2 Å². The molecule has 0 aromatic carbocycles. The maximum absolute atomic E-state index is 11.9. The molecule has 17 heavy (non-hydrogen) atoms. The Morgan fingerprint density at radius 3 is 2.76 bits per heavy atom. The molecule has 2 rings (SSSR count). The van der Waals surface area contributed by atoms with Crippen LogP contribution < -0.4 is 0 Å². The summed E-state index contributed by atoms with van der Waals surface area (Å²) in [6.45, 7) is 1.70. The van der Waals surface area contributed by atoms with E-state index in [2.05, 4.69) is 0 Å². The summed E-state index contributed by atoms with van der Waals surface area (Å²) in [6, 6.07) is 0. The van der Waals surface area contributed by atoms with Gasteiger partial charge in [-0.15, -0.1) is 0 Å². The van der Waals surface area contributed by atoms with E-state index in [0.29, 0.717) is 32.7 Å². The van der Waals surface area contributed by atoms with Gasteiger partial charge < -0.3 is 9.47 Å². The lowest BCUT2D eigenvalue weighted by molar-refractivity contribution is -0.134. The number of hydrogen-bond donors (Lipinski definition) is 0. The first-order valence-electron chi connectivity index (χ1n) is 5.82. The van der Waals surface area contributed by atoms with Gasteiger partial charge in [-0.1, -0.05) is 0 Å². The molecule has 0 aromatic heterocycles. The number of carbonyl (C=O) groups is 1. The van der Waals surface area contributed by atoms with E-state index >= 15 is 0 Å². The summed E-state index contributed by atoms with van der Waals surface area (Å²) in [5.41, 5.74) is -0.337. The Labute approximate surface area is 101 Å². The zero-order valence-corrected chi connectivity index (χ0v) is 10.8. The van der Waals surface area contributed by atoms with Gasteiger partial charge in [-0.2, -0.15) is 0 Å². The predicted octanol–water partition coefficient (Wildman–Crippen LogP) is 0.186. The molecular formula is C11H18O5S. The zero-order valence-electron chi connectivity index (χ0n) is 9.98. The maximum Gasteiger partial charge on any atom is 0.154 e. The van der Waals surface area contributed by atoms with Crippen molar-refractivity contribution >= 4 is 15.6 Å². The topological polar surface area (TPSA) is 69.7 Å². The zero-order chi connectivity index (χ0) is 12.5. The average Bonchev–Trinajstić information content (AvgIpc) is 2.64. The second-order valence-electron chi connectivity index (χ2n) is 5.06. The summed E-state index contributed by atoms with van der Waals surface area (Å²) in [4.78, 5) is 11.9. The highest BCUT2D eigenvalue weighted by molar-refractivity contribution is 7.91. The minimum atomic E-state index is -3.23. The molecule has 2 atom stereocenters. The minimum Gasteiger partial charge on any atom is -0.378 e. The Hall–Kier alpha value is -0.460. The van der Waals surface area contributed by atoms with E-state index in [-0.39, 0.29) is 23.1 Å². The van der Waals surface area contributed by atoms with E-state index in [1.165, 1.54) is 0 Å². The van der Waals surface area contributed by atoms with Crippen molar-refractivity contribution in [2.24, 2.45) is 5.92 Å². The van der Waals surface area contributed by atoms with Crippen LogP contribution in [0.15, 0.2) is 0 Å². The highest BCUT2D eigenvalue weighted by Gasteiger charge is 2.43. The summed E-state index contributed by atoms with van der Waals surface area (Å²) >= 11 is 0. The van der Waals surface area contributed by atoms with Crippen molar-refractivity contribution in [3.63, 3.8) is 0 Å². The molecule has 2 unspecified atom stereocenters. The molecule has 2 aliphatic rings. The van der Waals surface area contributed by atoms with Gasteiger partial charge in [-0.05, 0) is 12.8 Å². The van der Waals surface area contributed by atoms with Crippen molar-refractivity contribution in [3.05, 3.63) is 0 Å². The summed E-state index contributed by atoms with van der Waals surface area (Å²) in [5.74, 6) is -0.725. The van der Waals surface area contributed by atoms with Crippen LogP contribution in [0.5, 0.6) is 0 Å². The van der Waals surface area contributed by atoms with Gasteiger partial charge in [0.05, 0.1) is 12.2 Å². The second kappa shape index (κ2) is 4.66. The van der Waals surface area contributed by atoms with Crippen molar-refractivity contribution in [2.75, 3.05) is 31.8 Å². The van der Waals surface area contributed by atoms with Crippen LogP contribution in [0.4, 0.5) is 0 Å². The van der Waals surface area contributed by atoms with E-state index in [1.807, 2.05) is 0 Å². The summed E-state index contributed by atoms with van der Waals surface area (Å²) < 4.78 is 33.3. The third-order valence-electron chi connectivity index (χ3n) is 3.42. The number of hydrogen-bond acceptors (Lipinski definition) is 5. The normalized spacial score (nSPS) is 34.1. The molecule has 0 aliphatic carbocycles. The van der Waals surface area contributed by atoms with Gasteiger partial charge in [0, 0.05) is 31.8 Å². The molecule has 98 valence electrons. The van der Waals surface area contributed by atoms with Gasteiger partial charge in [0.25, 0.3) is 0 Å². The molecule has 0 aromatic rings. The second-order valence-corrected chi connectivity index (χ2v) is 7.20. The third kappa shape index (κ3) is 3.26. The highest BCUT2D eigenvalue weighted by atomic mass is 32.2. The molecule has 6 heteroatoms. The lowest BCUT2D eigenvalue weighted by atomic mass is 9.83. The molecule has 2 saturated heterocycles. The Morgan fingerprint density at radius 2 is 2.18 bits per heavy atom. The Bertz CT molecular complexity index is 394. The molecular weight excluding hydrogens is 244 g/mol. The summed E-state index contributed by atoms with van der Waals surface area (Å²) in [7, 11) is -3.23. The third-order valence-corrected chi connectivity index (χ3v) is 4.23. The van der Waals surface area contributed by atoms with Gasteiger partial charge >= 0.3 is 0 Å². The van der Waals surface area contributed by atoms with Gasteiger partial charge in [-0.25, -0.2) is 8.42 Å². The van der Waals surface area contributed by atoms with Crippen LogP contribution in [0.1, 0.15) is 19.3 Å². The number of ether oxygens (including phenoxy) is 2. The Kier molecular flexibility index (Phi) is 3.56. The maximum atomic E-state index is 11.9. The van der Waals surface area contributed by atoms with E-state index in [1.54, 1.807) is 0 Å². The van der Waals surface area contributed by atoms with Gasteiger partial charge in [0.15, 0.2) is 15.6 Å². The van der Waals surface area contributed by atoms with Gasteiger partial charge in [-0.3, -0.25) is 4.79 Å². The number of Topliss-reactive ketones (excluding diaryl/α,β-unsaturated/α-hetero) is 1. The van der Waals surface area contributed by atoms with Crippen LogP contribution in [-0.4, -0.2) is 51.6 Å². The first kappa shape index (κ1) is 13.0. The number of carbonyl (C=O) groups excluding carboxylic acids is 1. The molecule has 0 bridgehead atoms. The molecule has 1 spiro atoms. The minimum absolute atomic E-state index is 0.179. The van der Waals surface area contributed by atoms with Crippen molar-refractivity contribution in [1.82, 2.24) is 0 Å². The van der Waals surface area contributed by atoms with Crippen LogP contribution in [0.2, 0.25) is 0 Å². The van der Waals surface area contributed by atoms with E-state index in [0.717, 1.165) is 12.7 Å². The Morgan fingerprint density at radius 1 is 1.41 bits per heavy atom. The fourth-order valence-corrected chi connectivity index (χ4v) is 3.29. The van der Waals surface area contributed by atoms with Crippen LogP contribution in [-0.2, 0) is 24.1 Å². The van der Waals surface area contributed by atoms with Crippen molar-refractivity contribution in [3.8, 4) is 0 Å². The first-order chi connectivity index (χ1) is 7.90. The lowest BCUT2D eigenvalue weighted by Gasteiger charge is -2.36. The average molecular weight is 262 g/mol. The highest BCUT2D eigenvalue weighted by Crippen LogP contribution is 2.36. The van der Waals surface area contributed by atoms with E-state index < -0.39 is 9.84 Å². The molecule has 0 N–H and O–H groups in total. The molecule has 0 amide bonds. The number of sulfone groups is 1. The number of rotatable bonds is 3. The smallest absolute Gasteiger partial charge is 0.154 e. The van der Waals surface area contributed by atoms with Crippen molar-refractivity contribution in [2.45, 2.75) is 24.9 Å². The monoisotopic (exact) mass is 262 g/mol. The SMILES string of the molecule is CS(=O)(=O)CC(=O)C1CCOC2(CCOC2)C1. The van der Waals surface area contributed by atoms with Crippen LogP contribution >= 0.6 is 0 Å².